The van der Waals surface area contributed by atoms with Crippen LogP contribution in [0.1, 0.15) is 63.9 Å². The van der Waals surface area contributed by atoms with Gasteiger partial charge >= 0.3 is 0 Å². The summed E-state index contributed by atoms with van der Waals surface area (Å²) in [7, 11) is 0. The van der Waals surface area contributed by atoms with E-state index >= 15 is 0 Å². The Morgan fingerprint density at radius 1 is 1.14 bits per heavy atom. The quantitative estimate of drug-likeness (QED) is 0.572. The summed E-state index contributed by atoms with van der Waals surface area (Å²) in [6.45, 7) is 5.47. The molecule has 5 nitrogen and oxygen atoms in total. The van der Waals surface area contributed by atoms with Crippen molar-refractivity contribution in [1.82, 2.24) is 15.5 Å². The first-order valence-electron chi connectivity index (χ1n) is 11.6. The molecule has 1 atom stereocenters. The minimum atomic E-state index is 0.198. The summed E-state index contributed by atoms with van der Waals surface area (Å²) in [5, 5.41) is 7.03. The second-order valence-corrected chi connectivity index (χ2v) is 9.09. The molecule has 0 bridgehead atoms. The first-order valence-corrected chi connectivity index (χ1v) is 11.6. The van der Waals surface area contributed by atoms with Crippen LogP contribution in [-0.4, -0.2) is 49.0 Å². The third-order valence-electron chi connectivity index (χ3n) is 7.13. The van der Waals surface area contributed by atoms with E-state index in [1.807, 2.05) is 0 Å². The molecule has 1 saturated heterocycles. The molecular weight excluding hydrogens is 360 g/mol. The van der Waals surface area contributed by atoms with Crippen molar-refractivity contribution >= 4 is 11.9 Å². The first kappa shape index (κ1) is 20.2. The third-order valence-corrected chi connectivity index (χ3v) is 7.13. The molecule has 0 radical (unpaired) electrons. The minimum absolute atomic E-state index is 0.198. The van der Waals surface area contributed by atoms with E-state index in [2.05, 4.69) is 52.8 Å². The lowest BCUT2D eigenvalue weighted by molar-refractivity contribution is -0.134. The molecule has 2 saturated carbocycles. The SMILES string of the molecule is CCNC(=NCC1(c2ccccc2)CCC1)NC1CCN(C(=O)C2CCCC2)C1. The summed E-state index contributed by atoms with van der Waals surface area (Å²) < 4.78 is 0. The molecular formula is C24H36N4O. The van der Waals surface area contributed by atoms with Gasteiger partial charge in [-0.3, -0.25) is 9.79 Å². The average Bonchev–Trinajstić information content (AvgIpc) is 3.40. The normalized spacial score (nSPS) is 24.4. The molecule has 1 unspecified atom stereocenters. The van der Waals surface area contributed by atoms with Gasteiger partial charge in [0.25, 0.3) is 0 Å². The number of nitrogens with zero attached hydrogens (tertiary/aromatic N) is 2. The molecule has 1 aromatic carbocycles. The molecule has 2 N–H and O–H groups in total. The van der Waals surface area contributed by atoms with E-state index < -0.39 is 0 Å². The van der Waals surface area contributed by atoms with Crippen LogP contribution < -0.4 is 10.6 Å². The number of nitrogens with one attached hydrogen (secondary N) is 2. The van der Waals surface area contributed by atoms with Gasteiger partial charge in [0.2, 0.25) is 5.91 Å². The Hall–Kier alpha value is -2.04. The van der Waals surface area contributed by atoms with Crippen molar-refractivity contribution in [1.29, 1.82) is 0 Å². The number of carbonyl (C=O) groups is 1. The second-order valence-electron chi connectivity index (χ2n) is 9.09. The minimum Gasteiger partial charge on any atom is -0.357 e. The number of carbonyl (C=O) groups excluding carboxylic acids is 1. The van der Waals surface area contributed by atoms with Crippen LogP contribution in [0.15, 0.2) is 35.3 Å². The maximum atomic E-state index is 12.7. The van der Waals surface area contributed by atoms with Gasteiger partial charge in [0, 0.05) is 37.0 Å². The van der Waals surface area contributed by atoms with Crippen molar-refractivity contribution in [3.63, 3.8) is 0 Å². The zero-order valence-electron chi connectivity index (χ0n) is 17.8. The Labute approximate surface area is 175 Å². The van der Waals surface area contributed by atoms with Crippen LogP contribution in [0.2, 0.25) is 0 Å². The zero-order chi connectivity index (χ0) is 20.1. The summed E-state index contributed by atoms with van der Waals surface area (Å²) in [5.74, 6) is 1.56. The number of likely N-dealkylation sites (tertiary alicyclic amines) is 1. The van der Waals surface area contributed by atoms with E-state index in [-0.39, 0.29) is 11.3 Å². The number of hydrogen-bond acceptors (Lipinski definition) is 2. The van der Waals surface area contributed by atoms with Gasteiger partial charge in [-0.1, -0.05) is 49.6 Å². The fraction of sp³-hybridized carbons (Fsp3) is 0.667. The molecule has 158 valence electrons. The van der Waals surface area contributed by atoms with Crippen molar-refractivity contribution in [2.45, 2.75) is 69.7 Å². The molecule has 0 aromatic heterocycles. The molecule has 4 rings (SSSR count). The first-order chi connectivity index (χ1) is 14.2. The van der Waals surface area contributed by atoms with E-state index in [1.165, 1.54) is 37.7 Å². The maximum absolute atomic E-state index is 12.7. The van der Waals surface area contributed by atoms with Crippen molar-refractivity contribution in [3.8, 4) is 0 Å². The highest BCUT2D eigenvalue weighted by atomic mass is 16.2. The van der Waals surface area contributed by atoms with Gasteiger partial charge in [-0.15, -0.1) is 0 Å². The number of hydrogen-bond donors (Lipinski definition) is 2. The summed E-state index contributed by atoms with van der Waals surface area (Å²) in [4.78, 5) is 19.8. The van der Waals surface area contributed by atoms with Crippen LogP contribution in [0.25, 0.3) is 0 Å². The van der Waals surface area contributed by atoms with Gasteiger partial charge in [-0.2, -0.15) is 0 Å². The van der Waals surface area contributed by atoms with Crippen LogP contribution >= 0.6 is 0 Å². The van der Waals surface area contributed by atoms with Gasteiger partial charge in [0.1, 0.15) is 0 Å². The molecule has 2 aliphatic carbocycles. The highest BCUT2D eigenvalue weighted by molar-refractivity contribution is 5.81. The molecule has 1 aliphatic heterocycles. The Kier molecular flexibility index (Phi) is 6.41. The topological polar surface area (TPSA) is 56.7 Å². The van der Waals surface area contributed by atoms with E-state index in [9.17, 15) is 4.79 Å². The van der Waals surface area contributed by atoms with Crippen LogP contribution in [0.4, 0.5) is 0 Å². The molecule has 1 amide bonds. The number of benzene rings is 1. The zero-order valence-corrected chi connectivity index (χ0v) is 17.8. The smallest absolute Gasteiger partial charge is 0.225 e. The number of guanidine groups is 1. The third kappa shape index (κ3) is 4.59. The van der Waals surface area contributed by atoms with Crippen molar-refractivity contribution < 1.29 is 4.79 Å². The molecule has 29 heavy (non-hydrogen) atoms. The van der Waals surface area contributed by atoms with Gasteiger partial charge in [-0.05, 0) is 44.6 Å². The monoisotopic (exact) mass is 396 g/mol. The standard InChI is InChI=1S/C24H36N4O/c1-2-25-23(26-18-24(14-8-15-24)20-11-4-3-5-12-20)27-21-13-16-28(17-21)22(29)19-9-6-7-10-19/h3-5,11-12,19,21H,2,6-10,13-18H2,1H3,(H2,25,26,27). The Morgan fingerprint density at radius 3 is 2.55 bits per heavy atom. The van der Waals surface area contributed by atoms with Gasteiger partial charge < -0.3 is 15.5 Å². The van der Waals surface area contributed by atoms with Crippen molar-refractivity contribution in [3.05, 3.63) is 35.9 Å². The van der Waals surface area contributed by atoms with E-state index in [0.29, 0.717) is 11.9 Å². The van der Waals surface area contributed by atoms with Gasteiger partial charge in [0.05, 0.1) is 6.54 Å². The summed E-state index contributed by atoms with van der Waals surface area (Å²) in [5.41, 5.74) is 1.61. The fourth-order valence-electron chi connectivity index (χ4n) is 5.19. The number of rotatable bonds is 6. The molecule has 5 heteroatoms. The Balaban J connectivity index is 1.36. The fourth-order valence-corrected chi connectivity index (χ4v) is 5.19. The second kappa shape index (κ2) is 9.19. The van der Waals surface area contributed by atoms with Crippen molar-refractivity contribution in [2.75, 3.05) is 26.2 Å². The predicted octanol–water partition coefficient (Wildman–Crippen LogP) is 3.45. The summed E-state index contributed by atoms with van der Waals surface area (Å²) >= 11 is 0. The van der Waals surface area contributed by atoms with Crippen LogP contribution in [0.5, 0.6) is 0 Å². The molecule has 3 fully saturated rings. The van der Waals surface area contributed by atoms with E-state index in [4.69, 9.17) is 4.99 Å². The highest BCUT2D eigenvalue weighted by Crippen LogP contribution is 2.43. The van der Waals surface area contributed by atoms with E-state index in [1.54, 1.807) is 0 Å². The predicted molar refractivity (Wildman–Crippen MR) is 118 cm³/mol. The van der Waals surface area contributed by atoms with Crippen LogP contribution in [-0.2, 0) is 10.2 Å². The highest BCUT2D eigenvalue weighted by Gasteiger charge is 2.38. The van der Waals surface area contributed by atoms with E-state index in [0.717, 1.165) is 51.4 Å². The summed E-state index contributed by atoms with van der Waals surface area (Å²) in [6, 6.07) is 11.2. The molecule has 3 aliphatic rings. The lowest BCUT2D eigenvalue weighted by atomic mass is 9.64. The lowest BCUT2D eigenvalue weighted by Crippen LogP contribution is -2.46. The Morgan fingerprint density at radius 2 is 1.90 bits per heavy atom. The van der Waals surface area contributed by atoms with Gasteiger partial charge in [-0.25, -0.2) is 0 Å². The number of amides is 1. The molecule has 1 aromatic rings. The molecule has 0 spiro atoms. The lowest BCUT2D eigenvalue weighted by Gasteiger charge is -2.41. The molecule has 1 heterocycles. The van der Waals surface area contributed by atoms with Crippen LogP contribution in [0.3, 0.4) is 0 Å². The Bertz CT molecular complexity index is 707. The maximum Gasteiger partial charge on any atom is 0.225 e. The largest absolute Gasteiger partial charge is 0.357 e. The summed E-state index contributed by atoms with van der Waals surface area (Å²) in [6.07, 6.45) is 9.32. The number of aliphatic imine (C=N–C) groups is 1. The average molecular weight is 397 g/mol. The van der Waals surface area contributed by atoms with Gasteiger partial charge in [0.15, 0.2) is 5.96 Å². The van der Waals surface area contributed by atoms with Crippen molar-refractivity contribution in [2.24, 2.45) is 10.9 Å². The van der Waals surface area contributed by atoms with Crippen LogP contribution in [0, 0.1) is 5.92 Å².